The number of piperidine rings is 1. The van der Waals surface area contributed by atoms with E-state index in [1.807, 2.05) is 6.92 Å². The van der Waals surface area contributed by atoms with E-state index in [1.54, 1.807) is 12.1 Å². The Kier molecular flexibility index (Phi) is 4.45. The molecule has 2 amide bonds. The van der Waals surface area contributed by atoms with Gasteiger partial charge in [0.15, 0.2) is 0 Å². The van der Waals surface area contributed by atoms with Crippen LogP contribution in [-0.4, -0.2) is 41.6 Å². The molecule has 114 valence electrons. The minimum Gasteiger partial charge on any atom is -0.480 e. The fourth-order valence-corrected chi connectivity index (χ4v) is 2.80. The van der Waals surface area contributed by atoms with Crippen molar-refractivity contribution in [2.24, 2.45) is 5.92 Å². The summed E-state index contributed by atoms with van der Waals surface area (Å²) >= 11 is 0. The van der Waals surface area contributed by atoms with Crippen LogP contribution in [0.4, 0.5) is 14.9 Å². The molecule has 1 aliphatic rings. The molecular weight excluding hydrogens is 275 g/mol. The predicted octanol–water partition coefficient (Wildman–Crippen LogP) is 2.57. The van der Waals surface area contributed by atoms with E-state index in [0.29, 0.717) is 6.54 Å². The number of halogens is 1. The largest absolute Gasteiger partial charge is 0.480 e. The lowest BCUT2D eigenvalue weighted by molar-refractivity contribution is -0.145. The Morgan fingerprint density at radius 1 is 1.38 bits per heavy atom. The third-order valence-corrected chi connectivity index (χ3v) is 3.93. The van der Waals surface area contributed by atoms with Gasteiger partial charge in [-0.15, -0.1) is 0 Å². The summed E-state index contributed by atoms with van der Waals surface area (Å²) < 4.78 is 13.8. The Balaban J connectivity index is 2.25. The fourth-order valence-electron chi connectivity index (χ4n) is 2.80. The normalized spacial score (nSPS) is 22.0. The van der Waals surface area contributed by atoms with E-state index in [2.05, 4.69) is 0 Å². The number of carbonyl (C=O) groups is 2. The molecule has 0 saturated carbocycles. The van der Waals surface area contributed by atoms with Crippen molar-refractivity contribution in [3.8, 4) is 0 Å². The highest BCUT2D eigenvalue weighted by Crippen LogP contribution is 2.26. The molecule has 6 heteroatoms. The highest BCUT2D eigenvalue weighted by Gasteiger charge is 2.38. The molecule has 1 saturated heterocycles. The Morgan fingerprint density at radius 2 is 2.05 bits per heavy atom. The van der Waals surface area contributed by atoms with Gasteiger partial charge in [0.2, 0.25) is 0 Å². The molecule has 0 spiro atoms. The number of carboxylic acids is 1. The highest BCUT2D eigenvalue weighted by atomic mass is 19.1. The molecule has 0 radical (unpaired) electrons. The molecule has 1 fully saturated rings. The van der Waals surface area contributed by atoms with Crippen LogP contribution in [0.2, 0.25) is 0 Å². The minimum atomic E-state index is -1.02. The van der Waals surface area contributed by atoms with E-state index < -0.39 is 23.9 Å². The van der Waals surface area contributed by atoms with E-state index in [1.165, 1.54) is 29.0 Å². The van der Waals surface area contributed by atoms with Gasteiger partial charge in [0.1, 0.15) is 11.9 Å². The first-order valence-electron chi connectivity index (χ1n) is 6.95. The molecule has 1 aromatic carbocycles. The summed E-state index contributed by atoms with van der Waals surface area (Å²) in [6.07, 6.45) is 1.52. The third-order valence-electron chi connectivity index (χ3n) is 3.93. The lowest BCUT2D eigenvalue weighted by Gasteiger charge is -2.39. The van der Waals surface area contributed by atoms with Gasteiger partial charge in [-0.3, -0.25) is 4.90 Å². The second-order valence-corrected chi connectivity index (χ2v) is 5.39. The first kappa shape index (κ1) is 15.3. The number of anilines is 1. The van der Waals surface area contributed by atoms with Crippen LogP contribution in [0.1, 0.15) is 19.8 Å². The number of rotatable bonds is 2. The van der Waals surface area contributed by atoms with Crippen molar-refractivity contribution in [2.75, 3.05) is 18.5 Å². The van der Waals surface area contributed by atoms with Crippen LogP contribution in [0.15, 0.2) is 24.3 Å². The number of hydrogen-bond donors (Lipinski definition) is 1. The summed E-state index contributed by atoms with van der Waals surface area (Å²) in [5.74, 6) is -1.64. The fraction of sp³-hybridized carbons (Fsp3) is 0.467. The van der Waals surface area contributed by atoms with Crippen molar-refractivity contribution in [1.82, 2.24) is 4.90 Å². The molecule has 2 unspecified atom stereocenters. The molecule has 21 heavy (non-hydrogen) atoms. The summed E-state index contributed by atoms with van der Waals surface area (Å²) in [7, 11) is 1.46. The molecule has 1 N–H and O–H groups in total. The van der Waals surface area contributed by atoms with Crippen LogP contribution >= 0.6 is 0 Å². The van der Waals surface area contributed by atoms with Crippen molar-refractivity contribution in [3.05, 3.63) is 30.1 Å². The zero-order valence-electron chi connectivity index (χ0n) is 12.1. The first-order valence-corrected chi connectivity index (χ1v) is 6.95. The summed E-state index contributed by atoms with van der Waals surface area (Å²) in [4.78, 5) is 26.4. The number of urea groups is 1. The molecular formula is C15H19FN2O3. The number of aliphatic carboxylic acids is 1. The second-order valence-electron chi connectivity index (χ2n) is 5.39. The Labute approximate surface area is 123 Å². The average molecular weight is 294 g/mol. The zero-order chi connectivity index (χ0) is 15.6. The average Bonchev–Trinajstić information content (AvgIpc) is 2.45. The lowest BCUT2D eigenvalue weighted by Crippen LogP contribution is -2.55. The van der Waals surface area contributed by atoms with Gasteiger partial charge in [-0.05, 0) is 30.9 Å². The topological polar surface area (TPSA) is 60.9 Å². The molecule has 1 heterocycles. The van der Waals surface area contributed by atoms with Gasteiger partial charge in [0.05, 0.1) is 5.69 Å². The van der Waals surface area contributed by atoms with Gasteiger partial charge in [-0.2, -0.15) is 0 Å². The summed E-state index contributed by atoms with van der Waals surface area (Å²) in [6.45, 7) is 2.19. The van der Waals surface area contributed by atoms with Crippen molar-refractivity contribution in [3.63, 3.8) is 0 Å². The van der Waals surface area contributed by atoms with Crippen molar-refractivity contribution < 1.29 is 19.1 Å². The molecule has 5 nitrogen and oxygen atoms in total. The van der Waals surface area contributed by atoms with Crippen LogP contribution in [0.25, 0.3) is 0 Å². The maximum absolute atomic E-state index is 13.8. The van der Waals surface area contributed by atoms with Gasteiger partial charge in [0.25, 0.3) is 0 Å². The van der Waals surface area contributed by atoms with Crippen LogP contribution < -0.4 is 4.90 Å². The number of hydrogen-bond acceptors (Lipinski definition) is 2. The smallest absolute Gasteiger partial charge is 0.326 e. The number of nitrogens with zero attached hydrogens (tertiary/aromatic N) is 2. The number of amides is 2. The van der Waals surface area contributed by atoms with Crippen LogP contribution in [-0.2, 0) is 4.79 Å². The quantitative estimate of drug-likeness (QED) is 0.912. The number of para-hydroxylation sites is 1. The lowest BCUT2D eigenvalue weighted by atomic mass is 9.91. The molecule has 0 aliphatic carbocycles. The Morgan fingerprint density at radius 3 is 2.67 bits per heavy atom. The maximum Gasteiger partial charge on any atom is 0.326 e. The van der Waals surface area contributed by atoms with Gasteiger partial charge < -0.3 is 10.0 Å². The van der Waals surface area contributed by atoms with Gasteiger partial charge >= 0.3 is 12.0 Å². The van der Waals surface area contributed by atoms with E-state index in [-0.39, 0.29) is 11.6 Å². The predicted molar refractivity (Wildman–Crippen MR) is 76.7 cm³/mol. The van der Waals surface area contributed by atoms with E-state index in [9.17, 15) is 19.1 Å². The highest BCUT2D eigenvalue weighted by molar-refractivity contribution is 5.94. The standard InChI is InChI=1S/C15H19FN2O3/c1-10-6-5-9-18(13(10)14(19)20)15(21)17(2)12-8-4-3-7-11(12)16/h3-4,7-8,10,13H,5-6,9H2,1-2H3,(H,19,20). The maximum atomic E-state index is 13.8. The minimum absolute atomic E-state index is 0.116. The van der Waals surface area contributed by atoms with Gasteiger partial charge in [0, 0.05) is 13.6 Å². The van der Waals surface area contributed by atoms with Crippen LogP contribution in [0.5, 0.6) is 0 Å². The van der Waals surface area contributed by atoms with Gasteiger partial charge in [-0.25, -0.2) is 14.0 Å². The molecule has 0 bridgehead atoms. The van der Waals surface area contributed by atoms with Gasteiger partial charge in [-0.1, -0.05) is 19.1 Å². The molecule has 1 aliphatic heterocycles. The number of likely N-dealkylation sites (tertiary alicyclic amines) is 1. The zero-order valence-corrected chi connectivity index (χ0v) is 12.1. The number of carbonyl (C=O) groups excluding carboxylic acids is 1. The molecule has 2 atom stereocenters. The summed E-state index contributed by atoms with van der Waals surface area (Å²) in [5, 5.41) is 9.35. The van der Waals surface area contributed by atoms with E-state index in [0.717, 1.165) is 12.8 Å². The van der Waals surface area contributed by atoms with Crippen molar-refractivity contribution in [2.45, 2.75) is 25.8 Å². The summed E-state index contributed by atoms with van der Waals surface area (Å²) in [6, 6.07) is 4.60. The van der Waals surface area contributed by atoms with Crippen LogP contribution in [0.3, 0.4) is 0 Å². The summed E-state index contributed by atoms with van der Waals surface area (Å²) in [5.41, 5.74) is 0.143. The molecule has 0 aromatic heterocycles. The molecule has 1 aromatic rings. The third kappa shape index (κ3) is 2.99. The SMILES string of the molecule is CC1CCCN(C(=O)N(C)c2ccccc2F)C1C(=O)O. The second kappa shape index (κ2) is 6.11. The first-order chi connectivity index (χ1) is 9.93. The van der Waals surface area contributed by atoms with Crippen molar-refractivity contribution in [1.29, 1.82) is 0 Å². The Bertz CT molecular complexity index is 549. The monoisotopic (exact) mass is 294 g/mol. The molecule has 2 rings (SSSR count). The number of carboxylic acid groups (broad SMARTS) is 1. The Hall–Kier alpha value is -2.11. The van der Waals surface area contributed by atoms with Crippen molar-refractivity contribution >= 4 is 17.7 Å². The number of benzene rings is 1. The van der Waals surface area contributed by atoms with E-state index in [4.69, 9.17) is 0 Å². The van der Waals surface area contributed by atoms with Crippen LogP contribution in [0, 0.1) is 11.7 Å². The van der Waals surface area contributed by atoms with E-state index >= 15 is 0 Å².